The van der Waals surface area contributed by atoms with Crippen LogP contribution >= 0.6 is 11.6 Å². The number of hydrogen-bond donors (Lipinski definition) is 1. The number of nitrogens with zero attached hydrogens (tertiary/aromatic N) is 2. The summed E-state index contributed by atoms with van der Waals surface area (Å²) in [5.74, 6) is 0.797. The highest BCUT2D eigenvalue weighted by molar-refractivity contribution is 6.30. The van der Waals surface area contributed by atoms with Crippen molar-refractivity contribution in [3.8, 4) is 0 Å². The highest BCUT2D eigenvalue weighted by Gasteiger charge is 2.02. The van der Waals surface area contributed by atoms with E-state index >= 15 is 0 Å². The topological polar surface area (TPSA) is 51.8 Å². The van der Waals surface area contributed by atoms with Gasteiger partial charge in [0.25, 0.3) is 0 Å². The standard InChI is InChI=1S/C14H16ClN3/c1-10(16)5-12-8-17-14(18-9-12)7-11-3-2-4-13(15)6-11/h2-4,6,8-10H,5,7,16H2,1H3. The van der Waals surface area contributed by atoms with Crippen LogP contribution in [0.1, 0.15) is 23.9 Å². The molecule has 0 spiro atoms. The first-order chi connectivity index (χ1) is 8.63. The molecule has 2 aromatic rings. The van der Waals surface area contributed by atoms with Gasteiger partial charge in [-0.1, -0.05) is 23.7 Å². The summed E-state index contributed by atoms with van der Waals surface area (Å²) in [4.78, 5) is 8.69. The van der Waals surface area contributed by atoms with Crippen LogP contribution in [0.3, 0.4) is 0 Å². The number of aromatic nitrogens is 2. The molecule has 1 atom stereocenters. The van der Waals surface area contributed by atoms with Gasteiger partial charge in [0, 0.05) is 29.9 Å². The molecule has 1 unspecified atom stereocenters. The van der Waals surface area contributed by atoms with Crippen molar-refractivity contribution in [1.29, 1.82) is 0 Å². The molecule has 1 aromatic heterocycles. The minimum Gasteiger partial charge on any atom is -0.328 e. The van der Waals surface area contributed by atoms with Gasteiger partial charge >= 0.3 is 0 Å². The zero-order valence-corrected chi connectivity index (χ0v) is 11.1. The number of hydrogen-bond acceptors (Lipinski definition) is 3. The molecule has 3 nitrogen and oxygen atoms in total. The van der Waals surface area contributed by atoms with Gasteiger partial charge in [-0.25, -0.2) is 9.97 Å². The lowest BCUT2D eigenvalue weighted by molar-refractivity contribution is 0.729. The predicted octanol–water partition coefficient (Wildman–Crippen LogP) is 2.61. The second-order valence-corrected chi connectivity index (χ2v) is 4.93. The van der Waals surface area contributed by atoms with E-state index in [0.29, 0.717) is 6.42 Å². The van der Waals surface area contributed by atoms with Gasteiger partial charge in [-0.3, -0.25) is 0 Å². The molecule has 0 aliphatic heterocycles. The van der Waals surface area contributed by atoms with Crippen molar-refractivity contribution in [2.75, 3.05) is 0 Å². The van der Waals surface area contributed by atoms with E-state index in [4.69, 9.17) is 17.3 Å². The zero-order chi connectivity index (χ0) is 13.0. The normalized spacial score (nSPS) is 12.4. The van der Waals surface area contributed by atoms with E-state index in [0.717, 1.165) is 28.4 Å². The summed E-state index contributed by atoms with van der Waals surface area (Å²) in [5.41, 5.74) is 7.92. The van der Waals surface area contributed by atoms with E-state index in [9.17, 15) is 0 Å². The van der Waals surface area contributed by atoms with Crippen molar-refractivity contribution in [3.05, 3.63) is 58.6 Å². The van der Waals surface area contributed by atoms with Crippen molar-refractivity contribution in [3.63, 3.8) is 0 Å². The Labute approximate surface area is 112 Å². The van der Waals surface area contributed by atoms with Crippen LogP contribution in [0.2, 0.25) is 5.02 Å². The molecule has 0 radical (unpaired) electrons. The van der Waals surface area contributed by atoms with Gasteiger partial charge in [0.05, 0.1) is 0 Å². The maximum absolute atomic E-state index is 5.94. The van der Waals surface area contributed by atoms with Gasteiger partial charge in [0.2, 0.25) is 0 Å². The number of nitrogens with two attached hydrogens (primary N) is 1. The van der Waals surface area contributed by atoms with E-state index in [1.54, 1.807) is 0 Å². The lowest BCUT2D eigenvalue weighted by atomic mass is 10.1. The van der Waals surface area contributed by atoms with Crippen molar-refractivity contribution in [2.24, 2.45) is 5.73 Å². The lowest BCUT2D eigenvalue weighted by Crippen LogP contribution is -2.18. The number of halogens is 1. The molecule has 2 rings (SSSR count). The van der Waals surface area contributed by atoms with Gasteiger partial charge in [0.1, 0.15) is 5.82 Å². The Balaban J connectivity index is 2.06. The first-order valence-corrected chi connectivity index (χ1v) is 6.31. The maximum atomic E-state index is 5.94. The molecule has 4 heteroatoms. The summed E-state index contributed by atoms with van der Waals surface area (Å²) in [6, 6.07) is 7.87. The van der Waals surface area contributed by atoms with E-state index in [2.05, 4.69) is 9.97 Å². The fourth-order valence-electron chi connectivity index (χ4n) is 1.78. The van der Waals surface area contributed by atoms with E-state index in [1.807, 2.05) is 43.6 Å². The van der Waals surface area contributed by atoms with Gasteiger partial charge < -0.3 is 5.73 Å². The Bertz CT molecular complexity index is 509. The molecule has 1 aromatic carbocycles. The molecular weight excluding hydrogens is 246 g/mol. The quantitative estimate of drug-likeness (QED) is 0.921. The maximum Gasteiger partial charge on any atom is 0.132 e. The monoisotopic (exact) mass is 261 g/mol. The summed E-state index contributed by atoms with van der Waals surface area (Å²) in [6.07, 6.45) is 5.18. The molecule has 1 heterocycles. The minimum atomic E-state index is 0.132. The SMILES string of the molecule is CC(N)Cc1cnc(Cc2cccc(Cl)c2)nc1. The molecule has 0 saturated heterocycles. The highest BCUT2D eigenvalue weighted by atomic mass is 35.5. The van der Waals surface area contributed by atoms with Crippen LogP contribution in [0.5, 0.6) is 0 Å². The van der Waals surface area contributed by atoms with Crippen LogP contribution in [-0.4, -0.2) is 16.0 Å². The number of rotatable bonds is 4. The Morgan fingerprint density at radius 2 is 1.94 bits per heavy atom. The van der Waals surface area contributed by atoms with Crippen LogP contribution in [0.25, 0.3) is 0 Å². The summed E-state index contributed by atoms with van der Waals surface area (Å²) in [6.45, 7) is 1.97. The predicted molar refractivity (Wildman–Crippen MR) is 73.6 cm³/mol. The lowest BCUT2D eigenvalue weighted by Gasteiger charge is -2.05. The molecular formula is C14H16ClN3. The molecule has 0 fully saturated rings. The summed E-state index contributed by atoms with van der Waals surface area (Å²) < 4.78 is 0. The third-order valence-corrected chi connectivity index (χ3v) is 2.80. The Morgan fingerprint density at radius 1 is 1.22 bits per heavy atom. The van der Waals surface area contributed by atoms with Crippen molar-refractivity contribution in [1.82, 2.24) is 9.97 Å². The largest absolute Gasteiger partial charge is 0.328 e. The second-order valence-electron chi connectivity index (χ2n) is 4.50. The second kappa shape index (κ2) is 5.94. The fourth-order valence-corrected chi connectivity index (χ4v) is 1.99. The smallest absolute Gasteiger partial charge is 0.132 e. The first-order valence-electron chi connectivity index (χ1n) is 5.93. The van der Waals surface area contributed by atoms with Crippen LogP contribution < -0.4 is 5.73 Å². The average Bonchev–Trinajstić information content (AvgIpc) is 2.31. The Kier molecular flexibility index (Phi) is 4.28. The molecule has 18 heavy (non-hydrogen) atoms. The summed E-state index contributed by atoms with van der Waals surface area (Å²) in [5, 5.41) is 0.737. The first kappa shape index (κ1) is 13.0. The number of benzene rings is 1. The summed E-state index contributed by atoms with van der Waals surface area (Å²) >= 11 is 5.94. The van der Waals surface area contributed by atoms with Crippen molar-refractivity contribution < 1.29 is 0 Å². The van der Waals surface area contributed by atoms with Gasteiger partial charge in [-0.05, 0) is 36.6 Å². The van der Waals surface area contributed by atoms with Crippen LogP contribution in [0.4, 0.5) is 0 Å². The average molecular weight is 262 g/mol. The molecule has 0 aliphatic carbocycles. The highest BCUT2D eigenvalue weighted by Crippen LogP contribution is 2.13. The molecule has 94 valence electrons. The van der Waals surface area contributed by atoms with Crippen LogP contribution in [0.15, 0.2) is 36.7 Å². The van der Waals surface area contributed by atoms with Crippen molar-refractivity contribution >= 4 is 11.6 Å². The van der Waals surface area contributed by atoms with Gasteiger partial charge in [-0.2, -0.15) is 0 Å². The minimum absolute atomic E-state index is 0.132. The summed E-state index contributed by atoms with van der Waals surface area (Å²) in [7, 11) is 0. The van der Waals surface area contributed by atoms with Crippen LogP contribution in [-0.2, 0) is 12.8 Å². The van der Waals surface area contributed by atoms with Gasteiger partial charge in [-0.15, -0.1) is 0 Å². The van der Waals surface area contributed by atoms with E-state index in [-0.39, 0.29) is 6.04 Å². The molecule has 0 saturated carbocycles. The fraction of sp³-hybridized carbons (Fsp3) is 0.286. The molecule has 2 N–H and O–H groups in total. The molecule has 0 bridgehead atoms. The third-order valence-electron chi connectivity index (χ3n) is 2.57. The van der Waals surface area contributed by atoms with Crippen LogP contribution in [0, 0.1) is 0 Å². The third kappa shape index (κ3) is 3.79. The molecule has 0 amide bonds. The molecule has 0 aliphatic rings. The van der Waals surface area contributed by atoms with E-state index < -0.39 is 0 Å². The van der Waals surface area contributed by atoms with E-state index in [1.165, 1.54) is 0 Å². The van der Waals surface area contributed by atoms with Gasteiger partial charge in [0.15, 0.2) is 0 Å². The Hall–Kier alpha value is -1.45. The van der Waals surface area contributed by atoms with Crippen molar-refractivity contribution in [2.45, 2.75) is 25.8 Å². The zero-order valence-electron chi connectivity index (χ0n) is 10.3. The Morgan fingerprint density at radius 3 is 2.56 bits per heavy atom.